The summed E-state index contributed by atoms with van der Waals surface area (Å²) in [6, 6.07) is 7.94. The SMILES string of the molecule is COc1ccc(-c2cnc3nc(N)nc(NC(C)C)c3c2)cc1OC. The molecule has 2 aromatic heterocycles. The van der Waals surface area contributed by atoms with E-state index >= 15 is 0 Å². The van der Waals surface area contributed by atoms with Crippen molar-refractivity contribution in [3.63, 3.8) is 0 Å². The first kappa shape index (κ1) is 16.8. The Bertz CT molecular complexity index is 911. The van der Waals surface area contributed by atoms with Crippen LogP contribution >= 0.6 is 0 Å². The van der Waals surface area contributed by atoms with Crippen LogP contribution in [-0.2, 0) is 0 Å². The van der Waals surface area contributed by atoms with Gasteiger partial charge in [0.25, 0.3) is 0 Å². The van der Waals surface area contributed by atoms with Crippen LogP contribution in [0.25, 0.3) is 22.2 Å². The van der Waals surface area contributed by atoms with E-state index < -0.39 is 0 Å². The van der Waals surface area contributed by atoms with E-state index in [4.69, 9.17) is 15.2 Å². The van der Waals surface area contributed by atoms with E-state index in [0.717, 1.165) is 16.5 Å². The molecule has 25 heavy (non-hydrogen) atoms. The third-order valence-electron chi connectivity index (χ3n) is 3.71. The third kappa shape index (κ3) is 3.40. The van der Waals surface area contributed by atoms with Crippen molar-refractivity contribution in [3.8, 4) is 22.6 Å². The second kappa shape index (κ2) is 6.80. The molecule has 0 fully saturated rings. The van der Waals surface area contributed by atoms with E-state index in [-0.39, 0.29) is 12.0 Å². The predicted molar refractivity (Wildman–Crippen MR) is 99.0 cm³/mol. The highest BCUT2D eigenvalue weighted by Gasteiger charge is 2.12. The molecule has 3 N–H and O–H groups in total. The third-order valence-corrected chi connectivity index (χ3v) is 3.71. The molecular formula is C18H21N5O2. The standard InChI is InChI=1S/C18H21N5O2/c1-10(2)21-17-13-7-12(9-20-16(13)22-18(19)23-17)11-5-6-14(24-3)15(8-11)25-4/h5-10H,1-4H3,(H3,19,20,21,22,23). The molecule has 7 heteroatoms. The molecule has 3 aromatic rings. The van der Waals surface area contributed by atoms with Gasteiger partial charge in [-0.1, -0.05) is 6.07 Å². The summed E-state index contributed by atoms with van der Waals surface area (Å²) in [6.07, 6.45) is 1.76. The molecule has 0 unspecified atom stereocenters. The second-order valence-corrected chi connectivity index (χ2v) is 5.89. The number of nitrogens with zero attached hydrogens (tertiary/aromatic N) is 3. The van der Waals surface area contributed by atoms with Crippen LogP contribution in [0, 0.1) is 0 Å². The van der Waals surface area contributed by atoms with Gasteiger partial charge in [0.2, 0.25) is 5.95 Å². The Balaban J connectivity index is 2.13. The van der Waals surface area contributed by atoms with E-state index in [0.29, 0.717) is 23.0 Å². The number of benzene rings is 1. The first-order chi connectivity index (χ1) is 12.0. The van der Waals surface area contributed by atoms with Gasteiger partial charge >= 0.3 is 0 Å². The van der Waals surface area contributed by atoms with Crippen molar-refractivity contribution in [1.29, 1.82) is 0 Å². The van der Waals surface area contributed by atoms with Crippen LogP contribution in [0.2, 0.25) is 0 Å². The molecule has 130 valence electrons. The zero-order valence-electron chi connectivity index (χ0n) is 14.7. The van der Waals surface area contributed by atoms with Crippen molar-refractivity contribution in [3.05, 3.63) is 30.5 Å². The molecule has 0 amide bonds. The summed E-state index contributed by atoms with van der Waals surface area (Å²) in [5, 5.41) is 4.11. The van der Waals surface area contributed by atoms with Gasteiger partial charge in [-0.25, -0.2) is 4.98 Å². The van der Waals surface area contributed by atoms with Crippen molar-refractivity contribution in [2.75, 3.05) is 25.3 Å². The van der Waals surface area contributed by atoms with Gasteiger partial charge in [-0.15, -0.1) is 0 Å². The Morgan fingerprint density at radius 3 is 2.44 bits per heavy atom. The Hall–Kier alpha value is -3.09. The largest absolute Gasteiger partial charge is 0.493 e. The minimum absolute atomic E-state index is 0.196. The minimum Gasteiger partial charge on any atom is -0.493 e. The molecule has 0 saturated carbocycles. The first-order valence-corrected chi connectivity index (χ1v) is 7.94. The van der Waals surface area contributed by atoms with Crippen molar-refractivity contribution in [2.45, 2.75) is 19.9 Å². The number of fused-ring (bicyclic) bond motifs is 1. The lowest BCUT2D eigenvalue weighted by Gasteiger charge is -2.13. The van der Waals surface area contributed by atoms with Gasteiger partial charge in [0, 0.05) is 17.8 Å². The normalized spacial score (nSPS) is 10.9. The number of aromatic nitrogens is 3. The summed E-state index contributed by atoms with van der Waals surface area (Å²) >= 11 is 0. The molecule has 0 aliphatic rings. The van der Waals surface area contributed by atoms with Crippen LogP contribution in [0.4, 0.5) is 11.8 Å². The van der Waals surface area contributed by atoms with E-state index in [1.54, 1.807) is 20.4 Å². The minimum atomic E-state index is 0.196. The maximum atomic E-state index is 5.79. The highest BCUT2D eigenvalue weighted by molar-refractivity contribution is 5.90. The fourth-order valence-electron chi connectivity index (χ4n) is 2.59. The summed E-state index contributed by atoms with van der Waals surface area (Å²) in [5.74, 6) is 2.21. The van der Waals surface area contributed by atoms with Crippen LogP contribution in [0.5, 0.6) is 11.5 Å². The average Bonchev–Trinajstić information content (AvgIpc) is 2.60. The van der Waals surface area contributed by atoms with Crippen molar-refractivity contribution >= 4 is 22.8 Å². The zero-order chi connectivity index (χ0) is 18.0. The molecule has 1 aromatic carbocycles. The van der Waals surface area contributed by atoms with Crippen molar-refractivity contribution in [1.82, 2.24) is 15.0 Å². The number of pyridine rings is 1. The van der Waals surface area contributed by atoms with Gasteiger partial charge in [-0.2, -0.15) is 9.97 Å². The summed E-state index contributed by atoms with van der Waals surface area (Å²) in [7, 11) is 3.22. The summed E-state index contributed by atoms with van der Waals surface area (Å²) < 4.78 is 10.7. The highest BCUT2D eigenvalue weighted by atomic mass is 16.5. The van der Waals surface area contributed by atoms with Gasteiger partial charge in [0.05, 0.1) is 19.6 Å². The molecule has 0 spiro atoms. The van der Waals surface area contributed by atoms with Gasteiger partial charge in [-0.05, 0) is 37.6 Å². The molecule has 0 atom stereocenters. The smallest absolute Gasteiger partial charge is 0.224 e. The molecule has 7 nitrogen and oxygen atoms in total. The number of rotatable bonds is 5. The Morgan fingerprint density at radius 1 is 1.00 bits per heavy atom. The van der Waals surface area contributed by atoms with Crippen LogP contribution in [0.15, 0.2) is 30.5 Å². The number of nitrogens with two attached hydrogens (primary N) is 1. The number of ether oxygens (including phenoxy) is 2. The van der Waals surface area contributed by atoms with Crippen LogP contribution in [-0.4, -0.2) is 35.2 Å². The maximum Gasteiger partial charge on any atom is 0.224 e. The molecule has 2 heterocycles. The number of nitrogen functional groups attached to an aromatic ring is 1. The Morgan fingerprint density at radius 2 is 1.76 bits per heavy atom. The van der Waals surface area contributed by atoms with Crippen molar-refractivity contribution in [2.24, 2.45) is 0 Å². The molecule has 0 aliphatic carbocycles. The van der Waals surface area contributed by atoms with Gasteiger partial charge in [0.15, 0.2) is 17.1 Å². The van der Waals surface area contributed by atoms with Crippen LogP contribution < -0.4 is 20.5 Å². The Kier molecular flexibility index (Phi) is 4.56. The van der Waals surface area contributed by atoms with E-state index in [1.807, 2.05) is 38.1 Å². The molecule has 0 saturated heterocycles. The predicted octanol–water partition coefficient (Wildman–Crippen LogP) is 3.11. The summed E-state index contributed by atoms with van der Waals surface area (Å²) in [5.41, 5.74) is 8.22. The maximum absolute atomic E-state index is 5.79. The van der Waals surface area contributed by atoms with E-state index in [9.17, 15) is 0 Å². The number of anilines is 2. The summed E-state index contributed by atoms with van der Waals surface area (Å²) in [4.78, 5) is 13.0. The van der Waals surface area contributed by atoms with Crippen LogP contribution in [0.1, 0.15) is 13.8 Å². The van der Waals surface area contributed by atoms with Crippen LogP contribution in [0.3, 0.4) is 0 Å². The van der Waals surface area contributed by atoms with Gasteiger partial charge in [0.1, 0.15) is 5.82 Å². The van der Waals surface area contributed by atoms with Gasteiger partial charge in [-0.3, -0.25) is 0 Å². The molecule has 0 aliphatic heterocycles. The number of methoxy groups -OCH3 is 2. The molecule has 3 rings (SSSR count). The number of hydrogen-bond acceptors (Lipinski definition) is 7. The first-order valence-electron chi connectivity index (χ1n) is 7.94. The lowest BCUT2D eigenvalue weighted by Crippen LogP contribution is -2.13. The quantitative estimate of drug-likeness (QED) is 0.737. The lowest BCUT2D eigenvalue weighted by molar-refractivity contribution is 0.355. The van der Waals surface area contributed by atoms with E-state index in [2.05, 4.69) is 20.3 Å². The van der Waals surface area contributed by atoms with Crippen molar-refractivity contribution < 1.29 is 9.47 Å². The lowest BCUT2D eigenvalue weighted by atomic mass is 10.1. The second-order valence-electron chi connectivity index (χ2n) is 5.89. The zero-order valence-corrected chi connectivity index (χ0v) is 14.7. The summed E-state index contributed by atoms with van der Waals surface area (Å²) in [6.45, 7) is 4.07. The Labute approximate surface area is 146 Å². The molecular weight excluding hydrogens is 318 g/mol. The topological polar surface area (TPSA) is 95.2 Å². The monoisotopic (exact) mass is 339 g/mol. The fraction of sp³-hybridized carbons (Fsp3) is 0.278. The average molecular weight is 339 g/mol. The highest BCUT2D eigenvalue weighted by Crippen LogP contribution is 2.33. The molecule has 0 radical (unpaired) electrons. The van der Waals surface area contributed by atoms with Gasteiger partial charge < -0.3 is 20.5 Å². The number of hydrogen-bond donors (Lipinski definition) is 2. The van der Waals surface area contributed by atoms with E-state index in [1.165, 1.54) is 0 Å². The molecule has 0 bridgehead atoms. The number of nitrogens with one attached hydrogen (secondary N) is 1. The fourth-order valence-corrected chi connectivity index (χ4v) is 2.59.